The normalized spacial score (nSPS) is 27.3. The second kappa shape index (κ2) is 6.84. The fourth-order valence-electron chi connectivity index (χ4n) is 2.69. The van der Waals surface area contributed by atoms with E-state index >= 15 is 0 Å². The van der Waals surface area contributed by atoms with Gasteiger partial charge in [-0.05, 0) is 38.5 Å². The van der Waals surface area contributed by atoms with Gasteiger partial charge in [-0.15, -0.1) is 0 Å². The fourth-order valence-corrected chi connectivity index (χ4v) is 2.69. The maximum Gasteiger partial charge on any atom is 0.188 e. The Balaban J connectivity index is 1.61. The molecule has 98 valence electrons. The molecule has 0 aromatic carbocycles. The van der Waals surface area contributed by atoms with Crippen LogP contribution in [-0.2, 0) is 4.74 Å². The molecule has 2 rings (SSSR count). The molecule has 17 heavy (non-hydrogen) atoms. The average Bonchev–Trinajstić information content (AvgIpc) is 2.83. The number of nitrogens with two attached hydrogens (primary N) is 1. The molecule has 0 spiro atoms. The summed E-state index contributed by atoms with van der Waals surface area (Å²) in [5, 5.41) is 3.30. The van der Waals surface area contributed by atoms with Crippen LogP contribution < -0.4 is 11.1 Å². The zero-order valence-electron chi connectivity index (χ0n) is 10.7. The van der Waals surface area contributed by atoms with Crippen molar-refractivity contribution in [2.75, 3.05) is 13.2 Å². The molecule has 1 saturated heterocycles. The Hall–Kier alpha value is -0.770. The number of rotatable bonds is 4. The molecule has 1 aliphatic heterocycles. The van der Waals surface area contributed by atoms with Crippen LogP contribution in [0.5, 0.6) is 0 Å². The third-order valence-electron chi connectivity index (χ3n) is 3.71. The van der Waals surface area contributed by atoms with Crippen LogP contribution in [0.25, 0.3) is 0 Å². The molecule has 0 bridgehead atoms. The first-order valence-corrected chi connectivity index (χ1v) is 7.02. The largest absolute Gasteiger partial charge is 0.378 e. The Morgan fingerprint density at radius 2 is 1.94 bits per heavy atom. The van der Waals surface area contributed by atoms with Gasteiger partial charge in [0, 0.05) is 19.2 Å². The van der Waals surface area contributed by atoms with Gasteiger partial charge in [0.25, 0.3) is 0 Å². The maximum absolute atomic E-state index is 5.87. The average molecular weight is 239 g/mol. The summed E-state index contributed by atoms with van der Waals surface area (Å²) in [4.78, 5) is 4.39. The molecule has 1 aliphatic carbocycles. The molecule has 0 amide bonds. The van der Waals surface area contributed by atoms with Gasteiger partial charge in [0.2, 0.25) is 0 Å². The summed E-state index contributed by atoms with van der Waals surface area (Å²) < 4.78 is 5.66. The van der Waals surface area contributed by atoms with Crippen molar-refractivity contribution < 1.29 is 4.74 Å². The number of aliphatic imine (C=N–C) groups is 1. The van der Waals surface area contributed by atoms with Gasteiger partial charge in [-0.2, -0.15) is 0 Å². The van der Waals surface area contributed by atoms with E-state index in [1.807, 2.05) is 0 Å². The molecule has 1 atom stereocenters. The lowest BCUT2D eigenvalue weighted by Gasteiger charge is -2.21. The van der Waals surface area contributed by atoms with Crippen molar-refractivity contribution in [3.63, 3.8) is 0 Å². The van der Waals surface area contributed by atoms with Crippen LogP contribution in [0.15, 0.2) is 4.99 Å². The van der Waals surface area contributed by atoms with Gasteiger partial charge in [0.1, 0.15) is 0 Å². The molecule has 1 saturated carbocycles. The summed E-state index contributed by atoms with van der Waals surface area (Å²) in [5.41, 5.74) is 5.87. The molecule has 4 heteroatoms. The third kappa shape index (κ3) is 4.54. The molecule has 2 aliphatic rings. The van der Waals surface area contributed by atoms with Gasteiger partial charge >= 0.3 is 0 Å². The zero-order valence-corrected chi connectivity index (χ0v) is 10.7. The Morgan fingerprint density at radius 1 is 1.18 bits per heavy atom. The van der Waals surface area contributed by atoms with E-state index in [9.17, 15) is 0 Å². The van der Waals surface area contributed by atoms with Crippen LogP contribution in [0.1, 0.15) is 51.4 Å². The van der Waals surface area contributed by atoms with E-state index in [0.29, 0.717) is 18.1 Å². The van der Waals surface area contributed by atoms with Gasteiger partial charge in [0.05, 0.1) is 6.10 Å². The minimum atomic E-state index is 0.409. The van der Waals surface area contributed by atoms with E-state index in [0.717, 1.165) is 19.6 Å². The first-order valence-electron chi connectivity index (χ1n) is 7.02. The Kier molecular flexibility index (Phi) is 5.10. The van der Waals surface area contributed by atoms with E-state index in [-0.39, 0.29) is 0 Å². The number of guanidine groups is 1. The van der Waals surface area contributed by atoms with E-state index in [1.54, 1.807) is 0 Å². The lowest BCUT2D eigenvalue weighted by Crippen LogP contribution is -2.38. The predicted octanol–water partition coefficient (Wildman–Crippen LogP) is 1.79. The summed E-state index contributed by atoms with van der Waals surface area (Å²) in [6.45, 7) is 1.71. The first-order chi connectivity index (χ1) is 8.34. The SMILES string of the molecule is NC(=NCCC1CCCCO1)NC1CCCC1. The van der Waals surface area contributed by atoms with Crippen molar-refractivity contribution in [1.82, 2.24) is 5.32 Å². The van der Waals surface area contributed by atoms with Crippen molar-refractivity contribution in [3.05, 3.63) is 0 Å². The molecule has 1 unspecified atom stereocenters. The summed E-state index contributed by atoms with van der Waals surface area (Å²) in [5.74, 6) is 0.618. The fraction of sp³-hybridized carbons (Fsp3) is 0.923. The van der Waals surface area contributed by atoms with Crippen LogP contribution in [-0.4, -0.2) is 31.3 Å². The van der Waals surface area contributed by atoms with Crippen molar-refractivity contribution in [2.24, 2.45) is 10.7 Å². The molecule has 0 radical (unpaired) electrons. The molecule has 2 fully saturated rings. The summed E-state index contributed by atoms with van der Waals surface area (Å²) in [6.07, 6.45) is 10.2. The van der Waals surface area contributed by atoms with E-state index in [1.165, 1.54) is 44.9 Å². The Labute approximate surface area is 104 Å². The lowest BCUT2D eigenvalue weighted by molar-refractivity contribution is 0.0129. The van der Waals surface area contributed by atoms with Crippen molar-refractivity contribution in [3.8, 4) is 0 Å². The second-order valence-electron chi connectivity index (χ2n) is 5.17. The van der Waals surface area contributed by atoms with Gasteiger partial charge in [0.15, 0.2) is 5.96 Å². The second-order valence-corrected chi connectivity index (χ2v) is 5.17. The highest BCUT2D eigenvalue weighted by atomic mass is 16.5. The maximum atomic E-state index is 5.87. The van der Waals surface area contributed by atoms with Crippen LogP contribution in [0.2, 0.25) is 0 Å². The van der Waals surface area contributed by atoms with Gasteiger partial charge in [-0.25, -0.2) is 0 Å². The third-order valence-corrected chi connectivity index (χ3v) is 3.71. The highest BCUT2D eigenvalue weighted by Gasteiger charge is 2.15. The van der Waals surface area contributed by atoms with Gasteiger partial charge in [-0.1, -0.05) is 12.8 Å². The topological polar surface area (TPSA) is 59.6 Å². The van der Waals surface area contributed by atoms with Crippen LogP contribution in [0.3, 0.4) is 0 Å². The quantitative estimate of drug-likeness (QED) is 0.581. The highest BCUT2D eigenvalue weighted by Crippen LogP contribution is 2.17. The molecule has 3 N–H and O–H groups in total. The van der Waals surface area contributed by atoms with Crippen molar-refractivity contribution >= 4 is 5.96 Å². The smallest absolute Gasteiger partial charge is 0.188 e. The highest BCUT2D eigenvalue weighted by molar-refractivity contribution is 5.78. The van der Waals surface area contributed by atoms with Crippen molar-refractivity contribution in [2.45, 2.75) is 63.5 Å². The van der Waals surface area contributed by atoms with E-state index < -0.39 is 0 Å². The minimum Gasteiger partial charge on any atom is -0.378 e. The number of nitrogens with zero attached hydrogens (tertiary/aromatic N) is 1. The first kappa shape index (κ1) is 12.7. The summed E-state index contributed by atoms with van der Waals surface area (Å²) in [6, 6.07) is 0.560. The standard InChI is InChI=1S/C13H25N3O/c14-13(16-11-5-1-2-6-11)15-9-8-12-7-3-4-10-17-12/h11-12H,1-10H2,(H3,14,15,16). The Morgan fingerprint density at radius 3 is 2.65 bits per heavy atom. The van der Waals surface area contributed by atoms with E-state index in [2.05, 4.69) is 10.3 Å². The monoisotopic (exact) mass is 239 g/mol. The van der Waals surface area contributed by atoms with Gasteiger partial charge < -0.3 is 15.8 Å². The number of hydrogen-bond donors (Lipinski definition) is 2. The van der Waals surface area contributed by atoms with Crippen LogP contribution >= 0.6 is 0 Å². The molecule has 1 heterocycles. The molecule has 4 nitrogen and oxygen atoms in total. The zero-order chi connectivity index (χ0) is 11.9. The number of hydrogen-bond acceptors (Lipinski definition) is 2. The summed E-state index contributed by atoms with van der Waals surface area (Å²) in [7, 11) is 0. The predicted molar refractivity (Wildman–Crippen MR) is 70.1 cm³/mol. The molecule has 0 aromatic heterocycles. The van der Waals surface area contributed by atoms with Crippen LogP contribution in [0, 0.1) is 0 Å². The number of nitrogens with one attached hydrogen (secondary N) is 1. The number of ether oxygens (including phenoxy) is 1. The Bertz CT molecular complexity index is 243. The van der Waals surface area contributed by atoms with Crippen molar-refractivity contribution in [1.29, 1.82) is 0 Å². The lowest BCUT2D eigenvalue weighted by atomic mass is 10.1. The molecule has 0 aromatic rings. The van der Waals surface area contributed by atoms with Gasteiger partial charge in [-0.3, -0.25) is 4.99 Å². The molecular weight excluding hydrogens is 214 g/mol. The van der Waals surface area contributed by atoms with Crippen LogP contribution in [0.4, 0.5) is 0 Å². The minimum absolute atomic E-state index is 0.409. The van der Waals surface area contributed by atoms with E-state index in [4.69, 9.17) is 10.5 Å². The molecular formula is C13H25N3O. The summed E-state index contributed by atoms with van der Waals surface area (Å²) >= 11 is 0.